The standard InChI is InChI=1S/C12H13N3O/c1-10(14-16-2)11-3-5-12(6-4-11)15-8-7-13-9-15/h3-9,14H,1H2,2H3. The van der Waals surface area contributed by atoms with Crippen LogP contribution < -0.4 is 5.48 Å². The first-order valence-electron chi connectivity index (χ1n) is 4.88. The summed E-state index contributed by atoms with van der Waals surface area (Å²) in [7, 11) is 1.56. The first-order chi connectivity index (χ1) is 7.81. The predicted octanol–water partition coefficient (Wildman–Crippen LogP) is 1.99. The summed E-state index contributed by atoms with van der Waals surface area (Å²) in [6.07, 6.45) is 5.41. The van der Waals surface area contributed by atoms with E-state index >= 15 is 0 Å². The Morgan fingerprint density at radius 2 is 2.12 bits per heavy atom. The molecule has 0 spiro atoms. The molecule has 0 saturated heterocycles. The van der Waals surface area contributed by atoms with Crippen LogP contribution in [-0.2, 0) is 4.84 Å². The summed E-state index contributed by atoms with van der Waals surface area (Å²) in [6, 6.07) is 7.95. The van der Waals surface area contributed by atoms with E-state index in [1.165, 1.54) is 0 Å². The van der Waals surface area contributed by atoms with Crippen molar-refractivity contribution >= 4 is 5.70 Å². The van der Waals surface area contributed by atoms with Crippen molar-refractivity contribution in [1.82, 2.24) is 15.0 Å². The van der Waals surface area contributed by atoms with Crippen LogP contribution in [0.2, 0.25) is 0 Å². The van der Waals surface area contributed by atoms with Crippen LogP contribution in [0.4, 0.5) is 0 Å². The zero-order valence-corrected chi connectivity index (χ0v) is 9.05. The van der Waals surface area contributed by atoms with Gasteiger partial charge in [-0.15, -0.1) is 0 Å². The number of nitrogens with zero attached hydrogens (tertiary/aromatic N) is 2. The minimum Gasteiger partial charge on any atom is -0.306 e. The molecule has 0 aliphatic rings. The maximum atomic E-state index is 4.80. The van der Waals surface area contributed by atoms with E-state index in [9.17, 15) is 0 Å². The van der Waals surface area contributed by atoms with Crippen LogP contribution in [0.3, 0.4) is 0 Å². The predicted molar refractivity (Wildman–Crippen MR) is 62.7 cm³/mol. The Morgan fingerprint density at radius 3 is 2.69 bits per heavy atom. The van der Waals surface area contributed by atoms with Gasteiger partial charge in [-0.25, -0.2) is 4.98 Å². The molecule has 0 fully saturated rings. The quantitative estimate of drug-likeness (QED) is 0.793. The highest BCUT2D eigenvalue weighted by Crippen LogP contribution is 2.13. The molecule has 82 valence electrons. The molecule has 1 aromatic heterocycles. The molecule has 0 atom stereocenters. The Morgan fingerprint density at radius 1 is 1.38 bits per heavy atom. The van der Waals surface area contributed by atoms with E-state index in [4.69, 9.17) is 4.84 Å². The van der Waals surface area contributed by atoms with Gasteiger partial charge in [0.05, 0.1) is 19.1 Å². The van der Waals surface area contributed by atoms with E-state index in [0.29, 0.717) is 0 Å². The molecule has 0 bridgehead atoms. The number of hydrogen-bond donors (Lipinski definition) is 1. The van der Waals surface area contributed by atoms with Crippen LogP contribution in [0.25, 0.3) is 11.4 Å². The first kappa shape index (κ1) is 10.4. The first-order valence-corrected chi connectivity index (χ1v) is 4.88. The van der Waals surface area contributed by atoms with Crippen molar-refractivity contribution in [3.05, 3.63) is 55.1 Å². The zero-order chi connectivity index (χ0) is 11.4. The van der Waals surface area contributed by atoms with Crippen molar-refractivity contribution < 1.29 is 4.84 Å². The van der Waals surface area contributed by atoms with E-state index in [1.54, 1.807) is 19.6 Å². The van der Waals surface area contributed by atoms with E-state index in [0.717, 1.165) is 16.9 Å². The molecular weight excluding hydrogens is 202 g/mol. The van der Waals surface area contributed by atoms with Gasteiger partial charge in [0, 0.05) is 18.1 Å². The fourth-order valence-electron chi connectivity index (χ4n) is 1.43. The molecule has 0 amide bonds. The molecule has 1 heterocycles. The van der Waals surface area contributed by atoms with E-state index in [-0.39, 0.29) is 0 Å². The number of nitrogens with one attached hydrogen (secondary N) is 1. The molecule has 1 N–H and O–H groups in total. The van der Waals surface area contributed by atoms with Gasteiger partial charge in [-0.1, -0.05) is 18.7 Å². The molecule has 0 aliphatic carbocycles. The monoisotopic (exact) mass is 215 g/mol. The van der Waals surface area contributed by atoms with Crippen LogP contribution in [0.1, 0.15) is 5.56 Å². The summed E-state index contributed by atoms with van der Waals surface area (Å²) >= 11 is 0. The maximum absolute atomic E-state index is 4.80. The molecule has 4 nitrogen and oxygen atoms in total. The third kappa shape index (κ3) is 2.12. The number of aromatic nitrogens is 2. The molecule has 0 aliphatic heterocycles. The van der Waals surface area contributed by atoms with Gasteiger partial charge in [0.2, 0.25) is 0 Å². The van der Waals surface area contributed by atoms with Crippen LogP contribution in [0.15, 0.2) is 49.6 Å². The van der Waals surface area contributed by atoms with Gasteiger partial charge in [-0.3, -0.25) is 10.3 Å². The summed E-state index contributed by atoms with van der Waals surface area (Å²) < 4.78 is 1.94. The number of imidazole rings is 1. The number of hydrogen-bond acceptors (Lipinski definition) is 3. The lowest BCUT2D eigenvalue weighted by Crippen LogP contribution is -2.08. The van der Waals surface area contributed by atoms with E-state index < -0.39 is 0 Å². The van der Waals surface area contributed by atoms with Gasteiger partial charge in [0.15, 0.2) is 0 Å². The molecular formula is C12H13N3O. The van der Waals surface area contributed by atoms with Gasteiger partial charge >= 0.3 is 0 Å². The van der Waals surface area contributed by atoms with Crippen LogP contribution in [-0.4, -0.2) is 16.7 Å². The van der Waals surface area contributed by atoms with Crippen molar-refractivity contribution in [2.45, 2.75) is 0 Å². The van der Waals surface area contributed by atoms with Crippen molar-refractivity contribution in [3.8, 4) is 5.69 Å². The molecule has 4 heteroatoms. The van der Waals surface area contributed by atoms with Crippen LogP contribution in [0.5, 0.6) is 0 Å². The zero-order valence-electron chi connectivity index (χ0n) is 9.05. The molecule has 1 aromatic carbocycles. The fraction of sp³-hybridized carbons (Fsp3) is 0.0833. The number of rotatable bonds is 4. The second-order valence-corrected chi connectivity index (χ2v) is 3.30. The number of benzene rings is 1. The normalized spacial score (nSPS) is 10.1. The van der Waals surface area contributed by atoms with Gasteiger partial charge in [0.25, 0.3) is 0 Å². The van der Waals surface area contributed by atoms with Crippen LogP contribution in [0, 0.1) is 0 Å². The molecule has 2 rings (SSSR count). The van der Waals surface area contributed by atoms with Crippen molar-refractivity contribution in [3.63, 3.8) is 0 Å². The molecule has 0 saturated carbocycles. The lowest BCUT2D eigenvalue weighted by Gasteiger charge is -2.08. The van der Waals surface area contributed by atoms with Crippen molar-refractivity contribution in [2.75, 3.05) is 7.11 Å². The Balaban J connectivity index is 2.20. The topological polar surface area (TPSA) is 39.1 Å². The lowest BCUT2D eigenvalue weighted by atomic mass is 10.1. The molecule has 16 heavy (non-hydrogen) atoms. The fourth-order valence-corrected chi connectivity index (χ4v) is 1.43. The van der Waals surface area contributed by atoms with Crippen LogP contribution >= 0.6 is 0 Å². The van der Waals surface area contributed by atoms with E-state index in [2.05, 4.69) is 17.0 Å². The third-order valence-electron chi connectivity index (χ3n) is 2.24. The minimum absolute atomic E-state index is 0.736. The third-order valence-corrected chi connectivity index (χ3v) is 2.24. The second kappa shape index (κ2) is 4.63. The van der Waals surface area contributed by atoms with Gasteiger partial charge in [-0.05, 0) is 17.7 Å². The Bertz CT molecular complexity index is 460. The Labute approximate surface area is 94.1 Å². The summed E-state index contributed by atoms with van der Waals surface area (Å²) in [5.41, 5.74) is 5.49. The minimum atomic E-state index is 0.736. The van der Waals surface area contributed by atoms with Gasteiger partial charge in [0.1, 0.15) is 0 Å². The molecule has 2 aromatic rings. The lowest BCUT2D eigenvalue weighted by molar-refractivity contribution is 0.137. The Kier molecular flexibility index (Phi) is 3.03. The molecule has 0 unspecified atom stereocenters. The average Bonchev–Trinajstić information content (AvgIpc) is 2.83. The van der Waals surface area contributed by atoms with Crippen molar-refractivity contribution in [2.24, 2.45) is 0 Å². The molecule has 0 radical (unpaired) electrons. The average molecular weight is 215 g/mol. The summed E-state index contributed by atoms with van der Waals surface area (Å²) in [5.74, 6) is 0. The largest absolute Gasteiger partial charge is 0.306 e. The van der Waals surface area contributed by atoms with Gasteiger partial charge in [-0.2, -0.15) is 0 Å². The van der Waals surface area contributed by atoms with Crippen molar-refractivity contribution in [1.29, 1.82) is 0 Å². The smallest absolute Gasteiger partial charge is 0.0991 e. The maximum Gasteiger partial charge on any atom is 0.0991 e. The summed E-state index contributed by atoms with van der Waals surface area (Å²) in [5, 5.41) is 0. The summed E-state index contributed by atoms with van der Waals surface area (Å²) in [4.78, 5) is 8.79. The highest BCUT2D eigenvalue weighted by atomic mass is 16.6. The number of hydroxylamine groups is 1. The highest BCUT2D eigenvalue weighted by Gasteiger charge is 1.99. The Hall–Kier alpha value is -2.07. The van der Waals surface area contributed by atoms with Gasteiger partial charge < -0.3 is 4.57 Å². The van der Waals surface area contributed by atoms with E-state index in [1.807, 2.05) is 35.0 Å². The SMILES string of the molecule is C=C(NOC)c1ccc(-n2ccnc2)cc1. The highest BCUT2D eigenvalue weighted by molar-refractivity contribution is 5.61. The second-order valence-electron chi connectivity index (χ2n) is 3.30. The summed E-state index contributed by atoms with van der Waals surface area (Å²) in [6.45, 7) is 3.85.